The van der Waals surface area contributed by atoms with Crippen molar-refractivity contribution in [3.8, 4) is 0 Å². The Hall–Kier alpha value is -1.86. The molecule has 0 saturated heterocycles. The number of hydrogen-bond donors (Lipinski definition) is 2. The largest absolute Gasteiger partial charge is 0.389 e. The van der Waals surface area contributed by atoms with Crippen molar-refractivity contribution in [2.45, 2.75) is 38.8 Å². The Morgan fingerprint density at radius 2 is 1.95 bits per heavy atom. The van der Waals surface area contributed by atoms with Crippen LogP contribution in [-0.4, -0.2) is 35.4 Å². The molecule has 8 heteroatoms. The van der Waals surface area contributed by atoms with Gasteiger partial charge in [0.2, 0.25) is 0 Å². The number of aromatic nitrogens is 2. The van der Waals surface area contributed by atoms with Gasteiger partial charge in [0, 0.05) is 19.5 Å². The summed E-state index contributed by atoms with van der Waals surface area (Å²) < 4.78 is 35.8. The highest BCUT2D eigenvalue weighted by molar-refractivity contribution is 5.92. The molecule has 0 aliphatic rings. The Balaban J connectivity index is 2.28. The summed E-state index contributed by atoms with van der Waals surface area (Å²) >= 11 is 0. The summed E-state index contributed by atoms with van der Waals surface area (Å²) in [4.78, 5) is 11.7. The predicted molar refractivity (Wildman–Crippen MR) is 73.1 cm³/mol. The fraction of sp³-hybridized carbons (Fsp3) is 0.615. The Labute approximate surface area is 121 Å². The number of carbonyl (C=O) groups is 1. The second-order valence-electron chi connectivity index (χ2n) is 4.56. The van der Waals surface area contributed by atoms with Gasteiger partial charge in [-0.15, -0.1) is 10.2 Å². The van der Waals surface area contributed by atoms with E-state index in [2.05, 4.69) is 20.8 Å². The van der Waals surface area contributed by atoms with Crippen LogP contribution in [0.3, 0.4) is 0 Å². The Morgan fingerprint density at radius 1 is 1.19 bits per heavy atom. The second-order valence-corrected chi connectivity index (χ2v) is 4.56. The number of hydrogen-bond acceptors (Lipinski definition) is 4. The van der Waals surface area contributed by atoms with Gasteiger partial charge in [0.25, 0.3) is 5.91 Å². The molecule has 1 rings (SSSR count). The molecule has 0 unspecified atom stereocenters. The summed E-state index contributed by atoms with van der Waals surface area (Å²) in [6.45, 7) is 2.97. The van der Waals surface area contributed by atoms with Crippen molar-refractivity contribution in [2.24, 2.45) is 0 Å². The molecule has 118 valence electrons. The topological polar surface area (TPSA) is 66.9 Å². The first-order chi connectivity index (χ1) is 9.92. The smallest absolute Gasteiger partial charge is 0.369 e. The van der Waals surface area contributed by atoms with Gasteiger partial charge in [0.15, 0.2) is 5.69 Å². The van der Waals surface area contributed by atoms with Gasteiger partial charge in [-0.2, -0.15) is 13.2 Å². The number of rotatable bonds is 8. The number of unbranched alkanes of at least 4 members (excludes halogenated alkanes) is 1. The average molecular weight is 304 g/mol. The number of halogens is 3. The summed E-state index contributed by atoms with van der Waals surface area (Å²) in [6, 6.07) is 3.16. The van der Waals surface area contributed by atoms with Crippen molar-refractivity contribution in [3.05, 3.63) is 17.8 Å². The van der Waals surface area contributed by atoms with Gasteiger partial charge in [-0.25, -0.2) is 0 Å². The van der Waals surface area contributed by atoms with Crippen molar-refractivity contribution >= 4 is 11.7 Å². The van der Waals surface area contributed by atoms with E-state index in [4.69, 9.17) is 0 Å². The molecule has 0 radical (unpaired) electrons. The predicted octanol–water partition coefficient (Wildman–Crippen LogP) is 2.76. The fourth-order valence-electron chi connectivity index (χ4n) is 1.54. The van der Waals surface area contributed by atoms with Crippen LogP contribution in [0.25, 0.3) is 0 Å². The van der Waals surface area contributed by atoms with E-state index in [0.29, 0.717) is 5.82 Å². The minimum atomic E-state index is -4.14. The van der Waals surface area contributed by atoms with Crippen LogP contribution < -0.4 is 10.6 Å². The van der Waals surface area contributed by atoms with Gasteiger partial charge in [0.05, 0.1) is 0 Å². The van der Waals surface area contributed by atoms with Crippen molar-refractivity contribution < 1.29 is 18.0 Å². The number of amides is 1. The lowest BCUT2D eigenvalue weighted by Crippen LogP contribution is -2.26. The first-order valence-corrected chi connectivity index (χ1v) is 6.85. The number of carbonyl (C=O) groups excluding carboxylic acids is 1. The van der Waals surface area contributed by atoms with Gasteiger partial charge in [-0.3, -0.25) is 4.79 Å². The summed E-state index contributed by atoms with van der Waals surface area (Å²) in [7, 11) is 0. The van der Waals surface area contributed by atoms with E-state index in [0.717, 1.165) is 13.0 Å². The third-order valence-electron chi connectivity index (χ3n) is 2.63. The lowest BCUT2D eigenvalue weighted by Gasteiger charge is -2.07. The molecule has 0 bridgehead atoms. The van der Waals surface area contributed by atoms with Crippen LogP contribution in [0.4, 0.5) is 19.0 Å². The number of nitrogens with one attached hydrogen (secondary N) is 2. The average Bonchev–Trinajstić information content (AvgIpc) is 2.44. The van der Waals surface area contributed by atoms with Crippen LogP contribution in [0, 0.1) is 0 Å². The van der Waals surface area contributed by atoms with Gasteiger partial charge >= 0.3 is 6.18 Å². The maximum Gasteiger partial charge on any atom is 0.389 e. The molecule has 2 N–H and O–H groups in total. The van der Waals surface area contributed by atoms with Gasteiger partial charge in [0.1, 0.15) is 5.82 Å². The minimum absolute atomic E-state index is 0.00463. The molecule has 0 fully saturated rings. The molecule has 1 aromatic rings. The molecule has 1 aromatic heterocycles. The monoisotopic (exact) mass is 304 g/mol. The second kappa shape index (κ2) is 8.43. The third-order valence-corrected chi connectivity index (χ3v) is 2.63. The van der Waals surface area contributed by atoms with E-state index < -0.39 is 18.5 Å². The summed E-state index contributed by atoms with van der Waals surface area (Å²) in [5.41, 5.74) is 0.146. The number of nitrogens with zero attached hydrogens (tertiary/aromatic N) is 2. The van der Waals surface area contributed by atoms with Gasteiger partial charge < -0.3 is 10.6 Å². The first kappa shape index (κ1) is 17.2. The standard InChI is InChI=1S/C13H19F3N4O/c1-2-8-17-11-6-5-10(19-20-11)12(21)18-9-4-3-7-13(14,15)16/h5-6H,2-4,7-9H2,1H3,(H,17,20)(H,18,21). The van der Waals surface area contributed by atoms with Crippen molar-refractivity contribution in [3.63, 3.8) is 0 Å². The zero-order valence-corrected chi connectivity index (χ0v) is 11.8. The molecule has 1 heterocycles. The molecule has 5 nitrogen and oxygen atoms in total. The van der Waals surface area contributed by atoms with Crippen LogP contribution in [0.15, 0.2) is 12.1 Å². The molecule has 0 aliphatic carbocycles. The molecule has 1 amide bonds. The molecular weight excluding hydrogens is 285 g/mol. The quantitative estimate of drug-likeness (QED) is 0.725. The van der Waals surface area contributed by atoms with Crippen molar-refractivity contribution in [2.75, 3.05) is 18.4 Å². The van der Waals surface area contributed by atoms with E-state index in [1.807, 2.05) is 6.92 Å². The van der Waals surface area contributed by atoms with Crippen molar-refractivity contribution in [1.82, 2.24) is 15.5 Å². The van der Waals surface area contributed by atoms with Crippen LogP contribution in [0.5, 0.6) is 0 Å². The molecule has 0 aromatic carbocycles. The van der Waals surface area contributed by atoms with Crippen molar-refractivity contribution in [1.29, 1.82) is 0 Å². The minimum Gasteiger partial charge on any atom is -0.369 e. The van der Waals surface area contributed by atoms with E-state index in [1.54, 1.807) is 6.07 Å². The number of alkyl halides is 3. The van der Waals surface area contributed by atoms with Crippen LogP contribution >= 0.6 is 0 Å². The molecule has 0 spiro atoms. The van der Waals surface area contributed by atoms with Gasteiger partial charge in [-0.05, 0) is 31.4 Å². The van der Waals surface area contributed by atoms with Crippen LogP contribution in [0.2, 0.25) is 0 Å². The highest BCUT2D eigenvalue weighted by Gasteiger charge is 2.25. The van der Waals surface area contributed by atoms with E-state index in [1.165, 1.54) is 6.07 Å². The Morgan fingerprint density at radius 3 is 2.52 bits per heavy atom. The van der Waals surface area contributed by atoms with Crippen LogP contribution in [-0.2, 0) is 0 Å². The Kier molecular flexibility index (Phi) is 6.90. The molecule has 0 aliphatic heterocycles. The maximum atomic E-state index is 11.9. The first-order valence-electron chi connectivity index (χ1n) is 6.85. The zero-order chi connectivity index (χ0) is 15.7. The SMILES string of the molecule is CCCNc1ccc(C(=O)NCCCCC(F)(F)F)nn1. The summed E-state index contributed by atoms with van der Waals surface area (Å²) in [5, 5.41) is 13.1. The summed E-state index contributed by atoms with van der Waals surface area (Å²) in [6.07, 6.45) is -3.76. The molecular formula is C13H19F3N4O. The molecule has 0 saturated carbocycles. The lowest BCUT2D eigenvalue weighted by molar-refractivity contribution is -0.135. The lowest BCUT2D eigenvalue weighted by atomic mass is 10.2. The van der Waals surface area contributed by atoms with E-state index in [-0.39, 0.29) is 25.1 Å². The highest BCUT2D eigenvalue weighted by atomic mass is 19.4. The van der Waals surface area contributed by atoms with E-state index in [9.17, 15) is 18.0 Å². The number of anilines is 1. The molecule has 21 heavy (non-hydrogen) atoms. The van der Waals surface area contributed by atoms with Crippen LogP contribution in [0.1, 0.15) is 43.1 Å². The third kappa shape index (κ3) is 7.48. The van der Waals surface area contributed by atoms with Gasteiger partial charge in [-0.1, -0.05) is 6.92 Å². The van der Waals surface area contributed by atoms with E-state index >= 15 is 0 Å². The normalized spacial score (nSPS) is 11.2. The Bertz CT molecular complexity index is 434. The molecule has 0 atom stereocenters. The maximum absolute atomic E-state index is 11.9. The summed E-state index contributed by atoms with van der Waals surface area (Å²) in [5.74, 6) is 0.148. The zero-order valence-electron chi connectivity index (χ0n) is 11.8. The fourth-order valence-corrected chi connectivity index (χ4v) is 1.54. The highest BCUT2D eigenvalue weighted by Crippen LogP contribution is 2.21.